The minimum Gasteiger partial charge on any atom is -0.394 e. The van der Waals surface area contributed by atoms with Crippen LogP contribution in [0.1, 0.15) is 32.1 Å². The van der Waals surface area contributed by atoms with Crippen LogP contribution >= 0.6 is 0 Å². The molecule has 0 spiro atoms. The zero-order valence-corrected chi connectivity index (χ0v) is 9.37. The fourth-order valence-corrected chi connectivity index (χ4v) is 2.10. The van der Waals surface area contributed by atoms with Crippen molar-refractivity contribution in [3.8, 4) is 0 Å². The zero-order chi connectivity index (χ0) is 11.1. The molecule has 0 aromatic carbocycles. The molecular formula is C11H21NO3. The Morgan fingerprint density at radius 1 is 1.53 bits per heavy atom. The van der Waals surface area contributed by atoms with E-state index in [0.717, 1.165) is 0 Å². The van der Waals surface area contributed by atoms with E-state index in [1.54, 1.807) is 7.11 Å². The SMILES string of the molecule is COCC(CO)NC(=O)CC1CCCC1. The first kappa shape index (κ1) is 12.5. The molecule has 1 atom stereocenters. The summed E-state index contributed by atoms with van der Waals surface area (Å²) in [5.41, 5.74) is 0. The molecule has 1 amide bonds. The standard InChI is InChI=1S/C11H21NO3/c1-15-8-10(7-13)12-11(14)6-9-4-2-3-5-9/h9-10,13H,2-8H2,1H3,(H,12,14). The van der Waals surface area contributed by atoms with Crippen molar-refractivity contribution in [3.05, 3.63) is 0 Å². The van der Waals surface area contributed by atoms with Crippen molar-refractivity contribution in [1.29, 1.82) is 0 Å². The number of carbonyl (C=O) groups is 1. The van der Waals surface area contributed by atoms with Gasteiger partial charge in [-0.05, 0) is 18.8 Å². The maximum Gasteiger partial charge on any atom is 0.220 e. The second kappa shape index (κ2) is 6.80. The van der Waals surface area contributed by atoms with Gasteiger partial charge in [0.1, 0.15) is 0 Å². The largest absolute Gasteiger partial charge is 0.394 e. The van der Waals surface area contributed by atoms with Crippen LogP contribution in [-0.2, 0) is 9.53 Å². The number of nitrogens with one attached hydrogen (secondary N) is 1. The minimum atomic E-state index is -0.260. The highest BCUT2D eigenvalue weighted by molar-refractivity contribution is 5.76. The van der Waals surface area contributed by atoms with Crippen molar-refractivity contribution >= 4 is 5.91 Å². The van der Waals surface area contributed by atoms with E-state index < -0.39 is 0 Å². The Kier molecular flexibility index (Phi) is 5.65. The van der Waals surface area contributed by atoms with E-state index in [4.69, 9.17) is 9.84 Å². The first-order chi connectivity index (χ1) is 7.26. The summed E-state index contributed by atoms with van der Waals surface area (Å²) in [4.78, 5) is 11.6. The Morgan fingerprint density at radius 3 is 2.73 bits per heavy atom. The Hall–Kier alpha value is -0.610. The molecule has 1 aliphatic rings. The average Bonchev–Trinajstić information content (AvgIpc) is 2.69. The highest BCUT2D eigenvalue weighted by Gasteiger charge is 2.19. The van der Waals surface area contributed by atoms with E-state index in [-0.39, 0.29) is 18.6 Å². The number of aliphatic hydroxyl groups is 1. The average molecular weight is 215 g/mol. The topological polar surface area (TPSA) is 58.6 Å². The lowest BCUT2D eigenvalue weighted by molar-refractivity contribution is -0.123. The summed E-state index contributed by atoms with van der Waals surface area (Å²) in [6.45, 7) is 0.303. The van der Waals surface area contributed by atoms with Gasteiger partial charge in [0.25, 0.3) is 0 Å². The molecule has 0 aliphatic heterocycles. The number of amides is 1. The number of methoxy groups -OCH3 is 1. The lowest BCUT2D eigenvalue weighted by Gasteiger charge is -2.16. The Balaban J connectivity index is 2.20. The van der Waals surface area contributed by atoms with Crippen LogP contribution in [0, 0.1) is 5.92 Å². The van der Waals surface area contributed by atoms with Crippen LogP contribution in [-0.4, -0.2) is 37.4 Å². The summed E-state index contributed by atoms with van der Waals surface area (Å²) in [5.74, 6) is 0.588. The molecule has 0 aromatic heterocycles. The predicted octanol–water partition coefficient (Wildman–Crippen LogP) is 0.690. The molecule has 4 nitrogen and oxygen atoms in total. The maximum atomic E-state index is 11.6. The summed E-state index contributed by atoms with van der Waals surface area (Å²) in [6, 6.07) is -0.260. The highest BCUT2D eigenvalue weighted by Crippen LogP contribution is 2.27. The molecular weight excluding hydrogens is 194 g/mol. The third-order valence-electron chi connectivity index (χ3n) is 2.90. The van der Waals surface area contributed by atoms with Gasteiger partial charge in [0.15, 0.2) is 0 Å². The van der Waals surface area contributed by atoms with Crippen LogP contribution in [0.4, 0.5) is 0 Å². The molecule has 1 aliphatic carbocycles. The summed E-state index contributed by atoms with van der Waals surface area (Å²) in [5, 5.41) is 11.8. The maximum absolute atomic E-state index is 11.6. The minimum absolute atomic E-state index is 0.0398. The van der Waals surface area contributed by atoms with Crippen molar-refractivity contribution in [2.24, 2.45) is 5.92 Å². The molecule has 0 saturated heterocycles. The molecule has 1 fully saturated rings. The van der Waals surface area contributed by atoms with E-state index in [9.17, 15) is 4.79 Å². The Bertz CT molecular complexity index is 190. The molecule has 0 radical (unpaired) electrons. The second-order valence-electron chi connectivity index (χ2n) is 4.26. The van der Waals surface area contributed by atoms with Gasteiger partial charge in [-0.3, -0.25) is 4.79 Å². The van der Waals surface area contributed by atoms with Crippen LogP contribution in [0.3, 0.4) is 0 Å². The van der Waals surface area contributed by atoms with Crippen molar-refractivity contribution in [2.75, 3.05) is 20.3 Å². The number of hydrogen-bond acceptors (Lipinski definition) is 3. The van der Waals surface area contributed by atoms with Crippen molar-refractivity contribution in [2.45, 2.75) is 38.1 Å². The zero-order valence-electron chi connectivity index (χ0n) is 9.37. The van der Waals surface area contributed by atoms with Gasteiger partial charge in [0.2, 0.25) is 5.91 Å². The van der Waals surface area contributed by atoms with E-state index in [1.165, 1.54) is 25.7 Å². The Morgan fingerprint density at radius 2 is 2.20 bits per heavy atom. The summed E-state index contributed by atoms with van der Waals surface area (Å²) < 4.78 is 4.89. The predicted molar refractivity (Wildman–Crippen MR) is 57.5 cm³/mol. The number of carbonyl (C=O) groups excluding carboxylic acids is 1. The van der Waals surface area contributed by atoms with Gasteiger partial charge >= 0.3 is 0 Å². The van der Waals surface area contributed by atoms with Crippen LogP contribution < -0.4 is 5.32 Å². The van der Waals surface area contributed by atoms with Crippen molar-refractivity contribution < 1.29 is 14.6 Å². The summed E-state index contributed by atoms with van der Waals surface area (Å²) in [7, 11) is 1.56. The lowest BCUT2D eigenvalue weighted by Crippen LogP contribution is -2.41. The van der Waals surface area contributed by atoms with Crippen molar-refractivity contribution in [3.63, 3.8) is 0 Å². The molecule has 1 saturated carbocycles. The fourth-order valence-electron chi connectivity index (χ4n) is 2.10. The van der Waals surface area contributed by atoms with E-state index in [0.29, 0.717) is 18.9 Å². The number of ether oxygens (including phenoxy) is 1. The second-order valence-corrected chi connectivity index (χ2v) is 4.26. The molecule has 1 unspecified atom stereocenters. The van der Waals surface area contributed by atoms with Gasteiger partial charge in [-0.25, -0.2) is 0 Å². The van der Waals surface area contributed by atoms with Crippen LogP contribution in [0.25, 0.3) is 0 Å². The van der Waals surface area contributed by atoms with Crippen LogP contribution in [0.2, 0.25) is 0 Å². The van der Waals surface area contributed by atoms with E-state index in [2.05, 4.69) is 5.32 Å². The van der Waals surface area contributed by atoms with Gasteiger partial charge in [-0.1, -0.05) is 12.8 Å². The third-order valence-corrected chi connectivity index (χ3v) is 2.90. The molecule has 0 bridgehead atoms. The van der Waals surface area contributed by atoms with E-state index in [1.807, 2.05) is 0 Å². The molecule has 0 aromatic rings. The van der Waals surface area contributed by atoms with Crippen LogP contribution in [0.5, 0.6) is 0 Å². The van der Waals surface area contributed by atoms with Gasteiger partial charge in [-0.2, -0.15) is 0 Å². The monoisotopic (exact) mass is 215 g/mol. The molecule has 15 heavy (non-hydrogen) atoms. The first-order valence-electron chi connectivity index (χ1n) is 5.65. The molecule has 4 heteroatoms. The smallest absolute Gasteiger partial charge is 0.220 e. The van der Waals surface area contributed by atoms with Gasteiger partial charge < -0.3 is 15.2 Å². The quantitative estimate of drug-likeness (QED) is 0.685. The summed E-state index contributed by atoms with van der Waals surface area (Å²) >= 11 is 0. The third kappa shape index (κ3) is 4.62. The molecule has 0 heterocycles. The normalized spacial score (nSPS) is 19.1. The highest BCUT2D eigenvalue weighted by atomic mass is 16.5. The van der Waals surface area contributed by atoms with Gasteiger partial charge in [0.05, 0.1) is 19.3 Å². The molecule has 1 rings (SSSR count). The van der Waals surface area contributed by atoms with Gasteiger partial charge in [0, 0.05) is 13.5 Å². The number of aliphatic hydroxyl groups excluding tert-OH is 1. The Labute approximate surface area is 91.0 Å². The number of hydrogen-bond donors (Lipinski definition) is 2. The molecule has 88 valence electrons. The lowest BCUT2D eigenvalue weighted by atomic mass is 10.0. The number of rotatable bonds is 6. The van der Waals surface area contributed by atoms with E-state index >= 15 is 0 Å². The van der Waals surface area contributed by atoms with Gasteiger partial charge in [-0.15, -0.1) is 0 Å². The fraction of sp³-hybridized carbons (Fsp3) is 0.909. The molecule has 2 N–H and O–H groups in total. The van der Waals surface area contributed by atoms with Crippen LogP contribution in [0.15, 0.2) is 0 Å². The van der Waals surface area contributed by atoms with Crippen molar-refractivity contribution in [1.82, 2.24) is 5.32 Å². The first-order valence-corrected chi connectivity index (χ1v) is 5.65. The summed E-state index contributed by atoms with van der Waals surface area (Å²) in [6.07, 6.45) is 5.43.